The Bertz CT molecular complexity index is 278. The van der Waals surface area contributed by atoms with Crippen LogP contribution < -0.4 is 5.73 Å². The van der Waals surface area contributed by atoms with E-state index < -0.39 is 0 Å². The predicted octanol–water partition coefficient (Wildman–Crippen LogP) is 1.42. The maximum absolute atomic E-state index is 12.3. The Morgan fingerprint density at radius 3 is 2.39 bits per heavy atom. The number of ether oxygens (including phenoxy) is 1. The summed E-state index contributed by atoms with van der Waals surface area (Å²) in [5.41, 5.74) is 5.57. The van der Waals surface area contributed by atoms with Crippen LogP contribution in [0.5, 0.6) is 0 Å². The third kappa shape index (κ3) is 3.59. The van der Waals surface area contributed by atoms with Gasteiger partial charge in [-0.25, -0.2) is 0 Å². The molecule has 4 atom stereocenters. The lowest BCUT2D eigenvalue weighted by Crippen LogP contribution is -2.47. The van der Waals surface area contributed by atoms with Crippen LogP contribution in [0.25, 0.3) is 0 Å². The van der Waals surface area contributed by atoms with Crippen molar-refractivity contribution in [3.05, 3.63) is 0 Å². The van der Waals surface area contributed by atoms with Gasteiger partial charge in [0.2, 0.25) is 0 Å². The first-order valence-electron chi connectivity index (χ1n) is 6.74. The van der Waals surface area contributed by atoms with E-state index in [4.69, 9.17) is 10.5 Å². The number of nitrogens with two attached hydrogens (primary N) is 1. The summed E-state index contributed by atoms with van der Waals surface area (Å²) < 4.78 is 5.68. The van der Waals surface area contributed by atoms with Gasteiger partial charge < -0.3 is 15.4 Å². The second-order valence-corrected chi connectivity index (χ2v) is 5.75. The second-order valence-electron chi connectivity index (χ2n) is 5.75. The summed E-state index contributed by atoms with van der Waals surface area (Å²) in [7, 11) is 0. The first-order valence-corrected chi connectivity index (χ1v) is 6.74. The molecule has 0 radical (unpaired) electrons. The Hall–Kier alpha value is -0.320. The lowest BCUT2D eigenvalue weighted by molar-refractivity contribution is -0.145. The first kappa shape index (κ1) is 15.7. The molecule has 0 aromatic heterocycles. The Kier molecular flexibility index (Phi) is 5.89. The highest BCUT2D eigenvalue weighted by Gasteiger charge is 2.35. The van der Waals surface area contributed by atoms with Gasteiger partial charge in [0.15, 0.2) is 0 Å². The van der Waals surface area contributed by atoms with Crippen molar-refractivity contribution in [2.24, 2.45) is 17.6 Å². The lowest BCUT2D eigenvalue weighted by atomic mass is 9.91. The van der Waals surface area contributed by atoms with Crippen LogP contribution in [0.2, 0.25) is 0 Å². The number of nitrogens with zero attached hydrogens (tertiary/aromatic N) is 1. The summed E-state index contributed by atoms with van der Waals surface area (Å²) in [4.78, 5) is 14.3. The third-order valence-corrected chi connectivity index (χ3v) is 3.83. The molecule has 2 N–H and O–H groups in total. The fraction of sp³-hybridized carbons (Fsp3) is 0.923. The number of likely N-dealkylation sites (tertiary alicyclic amines) is 1. The molecule has 0 spiro atoms. The van der Waals surface area contributed by atoms with Gasteiger partial charge in [-0.2, -0.15) is 0 Å². The summed E-state index contributed by atoms with van der Waals surface area (Å²) in [6.45, 7) is 6.73. The van der Waals surface area contributed by atoms with Crippen molar-refractivity contribution >= 4 is 18.3 Å². The van der Waals surface area contributed by atoms with E-state index in [0.29, 0.717) is 18.4 Å². The van der Waals surface area contributed by atoms with Crippen LogP contribution in [-0.4, -0.2) is 42.6 Å². The van der Waals surface area contributed by atoms with E-state index in [1.165, 1.54) is 6.42 Å². The van der Waals surface area contributed by atoms with E-state index in [0.717, 1.165) is 25.9 Å². The fourth-order valence-electron chi connectivity index (χ4n) is 3.11. The average molecular weight is 277 g/mol. The molecule has 0 saturated carbocycles. The van der Waals surface area contributed by atoms with Crippen LogP contribution in [-0.2, 0) is 9.53 Å². The Morgan fingerprint density at radius 1 is 1.28 bits per heavy atom. The van der Waals surface area contributed by atoms with Crippen molar-refractivity contribution in [3.63, 3.8) is 0 Å². The van der Waals surface area contributed by atoms with Gasteiger partial charge in [0, 0.05) is 19.6 Å². The summed E-state index contributed by atoms with van der Waals surface area (Å²) in [5.74, 6) is 1.39. The third-order valence-electron chi connectivity index (χ3n) is 3.83. The maximum Gasteiger partial charge on any atom is 0.251 e. The number of piperidine rings is 1. The molecule has 18 heavy (non-hydrogen) atoms. The van der Waals surface area contributed by atoms with Crippen LogP contribution in [0, 0.1) is 11.8 Å². The zero-order valence-corrected chi connectivity index (χ0v) is 12.1. The van der Waals surface area contributed by atoms with Crippen LogP contribution >= 0.6 is 12.4 Å². The van der Waals surface area contributed by atoms with Gasteiger partial charge in [-0.1, -0.05) is 13.8 Å². The largest absolute Gasteiger partial charge is 0.364 e. The molecular weight excluding hydrogens is 252 g/mol. The molecule has 0 aromatic rings. The zero-order valence-electron chi connectivity index (χ0n) is 11.3. The Balaban J connectivity index is 0.00000162. The van der Waals surface area contributed by atoms with E-state index in [1.54, 1.807) is 0 Å². The highest BCUT2D eigenvalue weighted by atomic mass is 35.5. The fourth-order valence-corrected chi connectivity index (χ4v) is 3.11. The minimum Gasteiger partial charge on any atom is -0.364 e. The van der Waals surface area contributed by atoms with E-state index in [-0.39, 0.29) is 30.5 Å². The second kappa shape index (κ2) is 6.73. The molecule has 106 valence electrons. The summed E-state index contributed by atoms with van der Waals surface area (Å²) in [5, 5.41) is 0. The highest BCUT2D eigenvalue weighted by molar-refractivity contribution is 5.85. The van der Waals surface area contributed by atoms with Crippen molar-refractivity contribution in [2.45, 2.75) is 45.3 Å². The van der Waals surface area contributed by atoms with E-state index >= 15 is 0 Å². The molecule has 4 nitrogen and oxygen atoms in total. The minimum absolute atomic E-state index is 0. The number of carbonyl (C=O) groups excluding carboxylic acids is 1. The molecule has 5 heteroatoms. The molecule has 2 aliphatic heterocycles. The van der Waals surface area contributed by atoms with Gasteiger partial charge in [-0.05, 0) is 31.1 Å². The van der Waals surface area contributed by atoms with Crippen molar-refractivity contribution < 1.29 is 9.53 Å². The van der Waals surface area contributed by atoms with Gasteiger partial charge >= 0.3 is 0 Å². The van der Waals surface area contributed by atoms with Crippen LogP contribution in [0.3, 0.4) is 0 Å². The molecule has 2 saturated heterocycles. The first-order chi connectivity index (χ1) is 8.10. The van der Waals surface area contributed by atoms with E-state index in [9.17, 15) is 4.79 Å². The summed E-state index contributed by atoms with van der Waals surface area (Å²) in [6, 6.07) is 0. The number of rotatable bonds is 2. The van der Waals surface area contributed by atoms with Crippen molar-refractivity contribution in [2.75, 3.05) is 19.6 Å². The standard InChI is InChI=1S/C13H24N2O2.ClH/c1-9-5-10(2)8-15(7-9)13(16)12-4-3-11(6-14)17-12;/h9-12H,3-8,14H2,1-2H3;1H/t9?,10?,11-,12+;/m1./s1. The predicted molar refractivity (Wildman–Crippen MR) is 73.7 cm³/mol. The van der Waals surface area contributed by atoms with Gasteiger partial charge in [-0.3, -0.25) is 4.79 Å². The zero-order chi connectivity index (χ0) is 12.4. The van der Waals surface area contributed by atoms with Crippen LogP contribution in [0.15, 0.2) is 0 Å². The highest BCUT2D eigenvalue weighted by Crippen LogP contribution is 2.25. The molecule has 2 aliphatic rings. The molecule has 2 fully saturated rings. The SMILES string of the molecule is CC1CC(C)CN(C(=O)[C@@H]2CC[C@H](CN)O2)C1.Cl. The Labute approximate surface area is 116 Å². The maximum atomic E-state index is 12.3. The number of amides is 1. The number of hydrogen-bond acceptors (Lipinski definition) is 3. The summed E-state index contributed by atoms with van der Waals surface area (Å²) >= 11 is 0. The van der Waals surface area contributed by atoms with Gasteiger partial charge in [0.1, 0.15) is 6.10 Å². The molecule has 0 aliphatic carbocycles. The minimum atomic E-state index is -0.235. The smallest absolute Gasteiger partial charge is 0.251 e. The summed E-state index contributed by atoms with van der Waals surface area (Å²) in [6.07, 6.45) is 2.83. The van der Waals surface area contributed by atoms with E-state index in [1.807, 2.05) is 4.90 Å². The topological polar surface area (TPSA) is 55.6 Å². The monoisotopic (exact) mass is 276 g/mol. The average Bonchev–Trinajstić information content (AvgIpc) is 2.75. The van der Waals surface area contributed by atoms with Crippen molar-refractivity contribution in [1.29, 1.82) is 0 Å². The van der Waals surface area contributed by atoms with Crippen LogP contribution in [0.1, 0.15) is 33.1 Å². The van der Waals surface area contributed by atoms with E-state index in [2.05, 4.69) is 13.8 Å². The van der Waals surface area contributed by atoms with Crippen molar-refractivity contribution in [3.8, 4) is 0 Å². The Morgan fingerprint density at radius 2 is 1.89 bits per heavy atom. The molecule has 2 heterocycles. The molecule has 2 unspecified atom stereocenters. The molecule has 0 aromatic carbocycles. The quantitative estimate of drug-likeness (QED) is 0.830. The number of halogens is 1. The molecule has 2 rings (SSSR count). The number of carbonyl (C=O) groups is 1. The van der Waals surface area contributed by atoms with Gasteiger partial charge in [-0.15, -0.1) is 12.4 Å². The van der Waals surface area contributed by atoms with Crippen molar-refractivity contribution in [1.82, 2.24) is 4.90 Å². The molecule has 0 bridgehead atoms. The normalized spacial score (nSPS) is 36.3. The number of hydrogen-bond donors (Lipinski definition) is 1. The van der Waals surface area contributed by atoms with Gasteiger partial charge in [0.25, 0.3) is 5.91 Å². The van der Waals surface area contributed by atoms with Crippen LogP contribution in [0.4, 0.5) is 0 Å². The lowest BCUT2D eigenvalue weighted by Gasteiger charge is -2.36. The molecular formula is C13H25ClN2O2. The molecule has 1 amide bonds. The van der Waals surface area contributed by atoms with Gasteiger partial charge in [0.05, 0.1) is 6.10 Å².